The van der Waals surface area contributed by atoms with Crippen molar-refractivity contribution in [3.63, 3.8) is 0 Å². The summed E-state index contributed by atoms with van der Waals surface area (Å²) in [7, 11) is 0. The minimum absolute atomic E-state index is 0.423. The first-order valence-corrected chi connectivity index (χ1v) is 5.84. The lowest BCUT2D eigenvalue weighted by Gasteiger charge is -2.14. The van der Waals surface area contributed by atoms with E-state index in [0.717, 1.165) is 38.3 Å². The Labute approximate surface area is 100 Å². The molecule has 0 fully saturated rings. The van der Waals surface area contributed by atoms with E-state index in [2.05, 4.69) is 26.9 Å². The zero-order valence-electron chi connectivity index (χ0n) is 9.04. The Morgan fingerprint density at radius 3 is 3.00 bits per heavy atom. The molecule has 5 heteroatoms. The normalized spacial score (nSPS) is 15.7. The molecule has 86 valence electrons. The van der Waals surface area contributed by atoms with Crippen molar-refractivity contribution in [1.82, 2.24) is 15.5 Å². The molecule has 2 heterocycles. The highest BCUT2D eigenvalue weighted by Crippen LogP contribution is 2.10. The van der Waals surface area contributed by atoms with Crippen LogP contribution in [0, 0.1) is 0 Å². The molecular formula is C11H15ClN4. The van der Waals surface area contributed by atoms with Crippen LogP contribution in [0.5, 0.6) is 0 Å². The SMILES string of the molecule is Clc1ccc(NCCC2=CCNCC2)nn1. The molecule has 0 radical (unpaired) electrons. The van der Waals surface area contributed by atoms with Crippen LogP contribution >= 0.6 is 11.6 Å². The van der Waals surface area contributed by atoms with E-state index in [1.165, 1.54) is 5.57 Å². The molecule has 1 aromatic rings. The van der Waals surface area contributed by atoms with Crippen LogP contribution in [0.3, 0.4) is 0 Å². The molecule has 1 aliphatic heterocycles. The summed E-state index contributed by atoms with van der Waals surface area (Å²) in [6.45, 7) is 2.98. The second kappa shape index (κ2) is 5.82. The van der Waals surface area contributed by atoms with E-state index in [-0.39, 0.29) is 0 Å². The lowest BCUT2D eigenvalue weighted by Crippen LogP contribution is -2.21. The Bertz CT molecular complexity index is 361. The minimum Gasteiger partial charge on any atom is -0.368 e. The van der Waals surface area contributed by atoms with Crippen LogP contribution in [0.4, 0.5) is 5.82 Å². The summed E-state index contributed by atoms with van der Waals surface area (Å²) >= 11 is 5.65. The summed E-state index contributed by atoms with van der Waals surface area (Å²) in [5.41, 5.74) is 1.51. The maximum atomic E-state index is 5.65. The highest BCUT2D eigenvalue weighted by Gasteiger charge is 2.02. The third-order valence-electron chi connectivity index (χ3n) is 2.54. The number of nitrogens with one attached hydrogen (secondary N) is 2. The monoisotopic (exact) mass is 238 g/mol. The fourth-order valence-electron chi connectivity index (χ4n) is 1.66. The third-order valence-corrected chi connectivity index (χ3v) is 2.74. The van der Waals surface area contributed by atoms with Crippen molar-refractivity contribution in [2.75, 3.05) is 25.0 Å². The Morgan fingerprint density at radius 2 is 2.31 bits per heavy atom. The molecule has 0 saturated carbocycles. The number of halogens is 1. The molecule has 0 aromatic carbocycles. The Kier molecular flexibility index (Phi) is 4.13. The highest BCUT2D eigenvalue weighted by atomic mass is 35.5. The average Bonchev–Trinajstić information content (AvgIpc) is 2.33. The van der Waals surface area contributed by atoms with Crippen LogP contribution in [-0.4, -0.2) is 29.8 Å². The van der Waals surface area contributed by atoms with Gasteiger partial charge in [-0.25, -0.2) is 0 Å². The number of anilines is 1. The van der Waals surface area contributed by atoms with Crippen LogP contribution in [0.25, 0.3) is 0 Å². The van der Waals surface area contributed by atoms with Gasteiger partial charge in [-0.15, -0.1) is 10.2 Å². The second-order valence-corrected chi connectivity index (χ2v) is 4.12. The standard InChI is InChI=1S/C11H15ClN4/c12-10-1-2-11(16-15-10)14-8-5-9-3-6-13-7-4-9/h1-3,13H,4-8H2,(H,14,16). The summed E-state index contributed by atoms with van der Waals surface area (Å²) < 4.78 is 0. The van der Waals surface area contributed by atoms with Crippen molar-refractivity contribution in [1.29, 1.82) is 0 Å². The summed E-state index contributed by atoms with van der Waals surface area (Å²) in [6, 6.07) is 3.58. The molecule has 0 bridgehead atoms. The molecule has 2 N–H and O–H groups in total. The molecule has 1 aliphatic rings. The fourth-order valence-corrected chi connectivity index (χ4v) is 1.76. The van der Waals surface area contributed by atoms with Crippen molar-refractivity contribution < 1.29 is 0 Å². The molecule has 4 nitrogen and oxygen atoms in total. The lowest BCUT2D eigenvalue weighted by atomic mass is 10.1. The van der Waals surface area contributed by atoms with E-state index in [1.807, 2.05) is 6.07 Å². The van der Waals surface area contributed by atoms with Crippen LogP contribution in [0.15, 0.2) is 23.8 Å². The van der Waals surface area contributed by atoms with E-state index in [9.17, 15) is 0 Å². The van der Waals surface area contributed by atoms with Gasteiger partial charge in [0.05, 0.1) is 0 Å². The van der Waals surface area contributed by atoms with Gasteiger partial charge in [-0.05, 0) is 31.5 Å². The number of hydrogen-bond acceptors (Lipinski definition) is 4. The van der Waals surface area contributed by atoms with Gasteiger partial charge < -0.3 is 10.6 Å². The molecule has 0 amide bonds. The lowest BCUT2D eigenvalue weighted by molar-refractivity contribution is 0.683. The summed E-state index contributed by atoms with van der Waals surface area (Å²) in [6.07, 6.45) is 4.47. The zero-order chi connectivity index (χ0) is 11.2. The van der Waals surface area contributed by atoms with Crippen molar-refractivity contribution in [2.45, 2.75) is 12.8 Å². The zero-order valence-corrected chi connectivity index (χ0v) is 9.80. The topological polar surface area (TPSA) is 49.8 Å². The molecule has 1 aromatic heterocycles. The van der Waals surface area contributed by atoms with Crippen LogP contribution < -0.4 is 10.6 Å². The first-order chi connectivity index (χ1) is 7.84. The van der Waals surface area contributed by atoms with Gasteiger partial charge in [0.2, 0.25) is 0 Å². The Morgan fingerprint density at radius 1 is 1.38 bits per heavy atom. The van der Waals surface area contributed by atoms with Gasteiger partial charge >= 0.3 is 0 Å². The van der Waals surface area contributed by atoms with E-state index >= 15 is 0 Å². The van der Waals surface area contributed by atoms with E-state index < -0.39 is 0 Å². The first-order valence-electron chi connectivity index (χ1n) is 5.46. The van der Waals surface area contributed by atoms with Gasteiger partial charge in [0.15, 0.2) is 5.15 Å². The Hall–Kier alpha value is -1.13. The van der Waals surface area contributed by atoms with E-state index in [4.69, 9.17) is 11.6 Å². The average molecular weight is 239 g/mol. The van der Waals surface area contributed by atoms with E-state index in [1.54, 1.807) is 6.07 Å². The fraction of sp³-hybridized carbons (Fsp3) is 0.455. The summed E-state index contributed by atoms with van der Waals surface area (Å²) in [4.78, 5) is 0. The van der Waals surface area contributed by atoms with Crippen LogP contribution in [0.2, 0.25) is 5.15 Å². The van der Waals surface area contributed by atoms with Crippen molar-refractivity contribution in [3.8, 4) is 0 Å². The maximum absolute atomic E-state index is 5.65. The van der Waals surface area contributed by atoms with E-state index in [0.29, 0.717) is 5.15 Å². The predicted octanol–water partition coefficient (Wildman–Crippen LogP) is 1.85. The van der Waals surface area contributed by atoms with Gasteiger partial charge in [-0.3, -0.25) is 0 Å². The summed E-state index contributed by atoms with van der Waals surface area (Å²) in [5.74, 6) is 0.777. The van der Waals surface area contributed by atoms with Crippen molar-refractivity contribution in [2.24, 2.45) is 0 Å². The van der Waals surface area contributed by atoms with Crippen LogP contribution in [-0.2, 0) is 0 Å². The van der Waals surface area contributed by atoms with Crippen molar-refractivity contribution in [3.05, 3.63) is 28.9 Å². The molecular weight excluding hydrogens is 224 g/mol. The third kappa shape index (κ3) is 3.47. The minimum atomic E-state index is 0.423. The first kappa shape index (κ1) is 11.4. The van der Waals surface area contributed by atoms with Gasteiger partial charge in [-0.1, -0.05) is 23.3 Å². The van der Waals surface area contributed by atoms with Gasteiger partial charge in [0.1, 0.15) is 5.82 Å². The largest absolute Gasteiger partial charge is 0.368 e. The Balaban J connectivity index is 1.75. The van der Waals surface area contributed by atoms with Crippen molar-refractivity contribution >= 4 is 17.4 Å². The highest BCUT2D eigenvalue weighted by molar-refractivity contribution is 6.29. The number of rotatable bonds is 4. The van der Waals surface area contributed by atoms with Gasteiger partial charge in [0.25, 0.3) is 0 Å². The molecule has 2 rings (SSSR count). The number of nitrogens with zero attached hydrogens (tertiary/aromatic N) is 2. The molecule has 0 spiro atoms. The van der Waals surface area contributed by atoms with Gasteiger partial charge in [0, 0.05) is 13.1 Å². The van der Waals surface area contributed by atoms with Gasteiger partial charge in [-0.2, -0.15) is 0 Å². The second-order valence-electron chi connectivity index (χ2n) is 3.73. The summed E-state index contributed by atoms with van der Waals surface area (Å²) in [5, 5.41) is 14.7. The number of aromatic nitrogens is 2. The maximum Gasteiger partial charge on any atom is 0.151 e. The molecule has 0 saturated heterocycles. The smallest absolute Gasteiger partial charge is 0.151 e. The predicted molar refractivity (Wildman–Crippen MR) is 65.7 cm³/mol. The molecule has 16 heavy (non-hydrogen) atoms. The van der Waals surface area contributed by atoms with Crippen LogP contribution in [0.1, 0.15) is 12.8 Å². The molecule has 0 atom stereocenters. The quantitative estimate of drug-likeness (QED) is 0.787. The molecule has 0 aliphatic carbocycles. The molecule has 0 unspecified atom stereocenters. The number of hydrogen-bond donors (Lipinski definition) is 2.